The molecular weight excluding hydrogens is 212 g/mol. The summed E-state index contributed by atoms with van der Waals surface area (Å²) in [6.45, 7) is 11.0. The number of hydrogen-bond donors (Lipinski definition) is 2. The van der Waals surface area contributed by atoms with Gasteiger partial charge in [0.25, 0.3) is 0 Å². The van der Waals surface area contributed by atoms with Gasteiger partial charge in [-0.2, -0.15) is 0 Å². The van der Waals surface area contributed by atoms with E-state index in [4.69, 9.17) is 5.73 Å². The molecule has 1 aliphatic carbocycles. The summed E-state index contributed by atoms with van der Waals surface area (Å²) in [5, 5.41) is 9.67. The Balaban J connectivity index is 2.64. The van der Waals surface area contributed by atoms with E-state index in [-0.39, 0.29) is 24.1 Å². The van der Waals surface area contributed by atoms with E-state index in [1.807, 2.05) is 0 Å². The molecule has 1 fully saturated rings. The third-order valence-corrected chi connectivity index (χ3v) is 3.77. The fourth-order valence-corrected chi connectivity index (χ4v) is 2.35. The highest BCUT2D eigenvalue weighted by Gasteiger charge is 2.34. The number of aliphatic hydroxyl groups excluding tert-OH is 1. The van der Waals surface area contributed by atoms with Crippen LogP contribution < -0.4 is 5.73 Å². The van der Waals surface area contributed by atoms with Gasteiger partial charge in [0.05, 0.1) is 6.61 Å². The van der Waals surface area contributed by atoms with E-state index in [0.717, 1.165) is 25.4 Å². The summed E-state index contributed by atoms with van der Waals surface area (Å²) >= 11 is 0. The van der Waals surface area contributed by atoms with E-state index in [0.29, 0.717) is 0 Å². The molecule has 0 aromatic rings. The first kappa shape index (κ1) is 14.9. The monoisotopic (exact) mass is 242 g/mol. The fraction of sp³-hybridized carbons (Fsp3) is 1.00. The van der Waals surface area contributed by atoms with Crippen molar-refractivity contribution in [1.29, 1.82) is 0 Å². The first-order chi connectivity index (χ1) is 7.90. The van der Waals surface area contributed by atoms with E-state index in [9.17, 15) is 5.11 Å². The molecule has 1 aliphatic rings. The summed E-state index contributed by atoms with van der Waals surface area (Å²) in [5.41, 5.74) is 6.38. The van der Waals surface area contributed by atoms with Gasteiger partial charge in [0, 0.05) is 18.6 Å². The summed E-state index contributed by atoms with van der Waals surface area (Å²) in [5.74, 6) is 0.850. The molecule has 0 aromatic heterocycles. The second kappa shape index (κ2) is 6.17. The van der Waals surface area contributed by atoms with Gasteiger partial charge in [-0.3, -0.25) is 4.90 Å². The first-order valence-corrected chi connectivity index (χ1v) is 7.00. The van der Waals surface area contributed by atoms with Crippen LogP contribution in [-0.2, 0) is 0 Å². The summed E-state index contributed by atoms with van der Waals surface area (Å²) < 4.78 is 0. The molecule has 0 amide bonds. The van der Waals surface area contributed by atoms with E-state index in [1.165, 1.54) is 12.8 Å². The van der Waals surface area contributed by atoms with E-state index in [2.05, 4.69) is 32.6 Å². The van der Waals surface area contributed by atoms with Crippen molar-refractivity contribution in [2.75, 3.05) is 19.7 Å². The highest BCUT2D eigenvalue weighted by atomic mass is 16.3. The Morgan fingerprint density at radius 3 is 2.29 bits per heavy atom. The zero-order valence-corrected chi connectivity index (χ0v) is 11.9. The normalized spacial score (nSPS) is 20.6. The zero-order chi connectivity index (χ0) is 13.1. The average Bonchev–Trinajstić information content (AvgIpc) is 3.01. The zero-order valence-electron chi connectivity index (χ0n) is 11.9. The summed E-state index contributed by atoms with van der Waals surface area (Å²) in [7, 11) is 0. The highest BCUT2D eigenvalue weighted by Crippen LogP contribution is 2.31. The maximum Gasteiger partial charge on any atom is 0.0602 e. The highest BCUT2D eigenvalue weighted by molar-refractivity contribution is 4.91. The molecule has 0 radical (unpaired) electrons. The smallest absolute Gasteiger partial charge is 0.0602 e. The third-order valence-electron chi connectivity index (χ3n) is 3.77. The minimum atomic E-state index is 0.0257. The second-order valence-corrected chi connectivity index (χ2v) is 6.58. The van der Waals surface area contributed by atoms with Gasteiger partial charge in [0.15, 0.2) is 0 Å². The lowest BCUT2D eigenvalue weighted by molar-refractivity contribution is 0.0672. The lowest BCUT2D eigenvalue weighted by Gasteiger charge is -2.40. The SMILES string of the molecule is CCCN(CC1CC1)C(CO)C(N)C(C)(C)C. The van der Waals surface area contributed by atoms with Crippen LogP contribution in [0.5, 0.6) is 0 Å². The van der Waals surface area contributed by atoms with Crippen LogP contribution in [0.15, 0.2) is 0 Å². The molecule has 0 aliphatic heterocycles. The Morgan fingerprint density at radius 1 is 1.35 bits per heavy atom. The molecule has 102 valence electrons. The summed E-state index contributed by atoms with van der Waals surface area (Å²) in [6.07, 6.45) is 3.83. The molecule has 3 nitrogen and oxygen atoms in total. The van der Waals surface area contributed by atoms with Crippen molar-refractivity contribution in [3.8, 4) is 0 Å². The number of nitrogens with zero attached hydrogens (tertiary/aromatic N) is 1. The lowest BCUT2D eigenvalue weighted by Crippen LogP contribution is -2.56. The topological polar surface area (TPSA) is 49.5 Å². The van der Waals surface area contributed by atoms with Crippen LogP contribution in [0.1, 0.15) is 47.0 Å². The maximum absolute atomic E-state index is 9.67. The van der Waals surface area contributed by atoms with Crippen molar-refractivity contribution in [2.45, 2.75) is 59.0 Å². The molecule has 0 spiro atoms. The molecule has 0 aromatic carbocycles. The Labute approximate surface area is 106 Å². The van der Waals surface area contributed by atoms with Crippen molar-refractivity contribution in [3.63, 3.8) is 0 Å². The van der Waals surface area contributed by atoms with Crippen LogP contribution in [0.3, 0.4) is 0 Å². The molecule has 17 heavy (non-hydrogen) atoms. The predicted molar refractivity (Wildman–Crippen MR) is 72.9 cm³/mol. The molecule has 0 saturated heterocycles. The Morgan fingerprint density at radius 2 is 1.94 bits per heavy atom. The van der Waals surface area contributed by atoms with E-state index < -0.39 is 0 Å². The van der Waals surface area contributed by atoms with Gasteiger partial charge in [0.1, 0.15) is 0 Å². The first-order valence-electron chi connectivity index (χ1n) is 7.00. The predicted octanol–water partition coefficient (Wildman–Crippen LogP) is 1.84. The maximum atomic E-state index is 9.67. The van der Waals surface area contributed by atoms with Gasteiger partial charge in [-0.1, -0.05) is 27.7 Å². The van der Waals surface area contributed by atoms with Crippen LogP contribution >= 0.6 is 0 Å². The van der Waals surface area contributed by atoms with Crippen LogP contribution in [0, 0.1) is 11.3 Å². The van der Waals surface area contributed by atoms with Gasteiger partial charge in [-0.15, -0.1) is 0 Å². The standard InChI is InChI=1S/C14H30N2O/c1-5-8-16(9-11-6-7-11)12(10-17)13(15)14(2,3)4/h11-13,17H,5-10,15H2,1-4H3. The largest absolute Gasteiger partial charge is 0.395 e. The lowest BCUT2D eigenvalue weighted by atomic mass is 9.82. The molecule has 2 unspecified atom stereocenters. The second-order valence-electron chi connectivity index (χ2n) is 6.58. The molecule has 0 bridgehead atoms. The molecule has 3 N–H and O–H groups in total. The molecule has 1 rings (SSSR count). The fourth-order valence-electron chi connectivity index (χ4n) is 2.35. The molecular formula is C14H30N2O. The van der Waals surface area contributed by atoms with Gasteiger partial charge in [-0.05, 0) is 37.1 Å². The Bertz CT molecular complexity index is 221. The third kappa shape index (κ3) is 4.57. The van der Waals surface area contributed by atoms with Gasteiger partial charge >= 0.3 is 0 Å². The van der Waals surface area contributed by atoms with Crippen LogP contribution in [0.25, 0.3) is 0 Å². The number of rotatable bonds is 7. The number of hydrogen-bond acceptors (Lipinski definition) is 3. The summed E-state index contributed by atoms with van der Waals surface area (Å²) in [4.78, 5) is 2.41. The minimum Gasteiger partial charge on any atom is -0.395 e. The number of aliphatic hydroxyl groups is 1. The van der Waals surface area contributed by atoms with Crippen molar-refractivity contribution < 1.29 is 5.11 Å². The Hall–Kier alpha value is -0.120. The Kier molecular flexibility index (Phi) is 5.42. The van der Waals surface area contributed by atoms with Crippen LogP contribution in [-0.4, -0.2) is 41.8 Å². The van der Waals surface area contributed by atoms with Crippen molar-refractivity contribution in [2.24, 2.45) is 17.1 Å². The molecule has 0 heterocycles. The van der Waals surface area contributed by atoms with Crippen molar-refractivity contribution in [3.05, 3.63) is 0 Å². The quantitative estimate of drug-likeness (QED) is 0.716. The minimum absolute atomic E-state index is 0.0257. The average molecular weight is 242 g/mol. The van der Waals surface area contributed by atoms with Gasteiger partial charge in [-0.25, -0.2) is 0 Å². The van der Waals surface area contributed by atoms with Crippen molar-refractivity contribution in [1.82, 2.24) is 4.90 Å². The van der Waals surface area contributed by atoms with E-state index in [1.54, 1.807) is 0 Å². The summed E-state index contributed by atoms with van der Waals surface area (Å²) in [6, 6.07) is 0.133. The molecule has 2 atom stereocenters. The molecule has 1 saturated carbocycles. The van der Waals surface area contributed by atoms with Crippen molar-refractivity contribution >= 4 is 0 Å². The molecule has 3 heteroatoms. The van der Waals surface area contributed by atoms with E-state index >= 15 is 0 Å². The van der Waals surface area contributed by atoms with Gasteiger partial charge < -0.3 is 10.8 Å². The number of nitrogens with two attached hydrogens (primary N) is 1. The van der Waals surface area contributed by atoms with Crippen LogP contribution in [0.2, 0.25) is 0 Å². The van der Waals surface area contributed by atoms with Crippen LogP contribution in [0.4, 0.5) is 0 Å². The van der Waals surface area contributed by atoms with Gasteiger partial charge in [0.2, 0.25) is 0 Å².